The van der Waals surface area contributed by atoms with Gasteiger partial charge in [0.25, 0.3) is 0 Å². The molecule has 0 aromatic heterocycles. The summed E-state index contributed by atoms with van der Waals surface area (Å²) in [5.41, 5.74) is 30.0. The second kappa shape index (κ2) is 11.6. The summed E-state index contributed by atoms with van der Waals surface area (Å²) in [6, 6.07) is -3.73. The Morgan fingerprint density at radius 3 is 1.82 bits per heavy atom. The van der Waals surface area contributed by atoms with Gasteiger partial charge in [0, 0.05) is 25.7 Å². The first-order valence-electron chi connectivity index (χ1n) is 11.3. The molecule has 2 heterocycles. The molecule has 3 aliphatic rings. The Morgan fingerprint density at radius 1 is 0.735 bits per heavy atom. The summed E-state index contributed by atoms with van der Waals surface area (Å²) in [5, 5.41) is 51.4. The van der Waals surface area contributed by atoms with Gasteiger partial charge in [-0.1, -0.05) is 0 Å². The van der Waals surface area contributed by atoms with Crippen LogP contribution in [0.4, 0.5) is 0 Å². The largest absolute Gasteiger partial charge is 0.394 e. The molecule has 34 heavy (non-hydrogen) atoms. The van der Waals surface area contributed by atoms with Crippen LogP contribution in [0.3, 0.4) is 0 Å². The van der Waals surface area contributed by atoms with Crippen molar-refractivity contribution in [1.29, 1.82) is 0 Å². The highest BCUT2D eigenvalue weighted by Crippen LogP contribution is 2.31. The Balaban J connectivity index is 1.72. The van der Waals surface area contributed by atoms with Gasteiger partial charge in [-0.05, 0) is 6.42 Å². The van der Waals surface area contributed by atoms with Gasteiger partial charge in [0.15, 0.2) is 12.6 Å². The van der Waals surface area contributed by atoms with E-state index in [0.717, 1.165) is 0 Å². The highest BCUT2D eigenvalue weighted by atomic mass is 16.7. The van der Waals surface area contributed by atoms with E-state index in [1.165, 1.54) is 7.11 Å². The van der Waals surface area contributed by atoms with Gasteiger partial charge in [0.1, 0.15) is 54.9 Å². The lowest BCUT2D eigenvalue weighted by Crippen LogP contribution is -2.69. The van der Waals surface area contributed by atoms with Crippen LogP contribution in [0, 0.1) is 0 Å². The monoisotopic (exact) mass is 497 g/mol. The van der Waals surface area contributed by atoms with Gasteiger partial charge < -0.3 is 77.9 Å². The lowest BCUT2D eigenvalue weighted by Gasteiger charge is -2.48. The SMILES string of the molecule is CO[C@@H]1C(CN)O[C@H](O[C@@H]2C(N)C[C@@H](N)C(OC3O[C@H](CO)[C@@H](O)C(N)[C@H]3O)[C@H]2O)C(N)[C@H]1O. The van der Waals surface area contributed by atoms with E-state index in [2.05, 4.69) is 0 Å². The Morgan fingerprint density at radius 2 is 1.29 bits per heavy atom. The average molecular weight is 498 g/mol. The van der Waals surface area contributed by atoms with Crippen LogP contribution in [0.1, 0.15) is 6.42 Å². The highest BCUT2D eigenvalue weighted by Gasteiger charge is 2.51. The fraction of sp³-hybridized carbons (Fsp3) is 1.00. The number of rotatable bonds is 7. The van der Waals surface area contributed by atoms with Crippen LogP contribution in [0.15, 0.2) is 0 Å². The maximum Gasteiger partial charge on any atom is 0.186 e. The third-order valence-electron chi connectivity index (χ3n) is 6.81. The third-order valence-corrected chi connectivity index (χ3v) is 6.81. The van der Waals surface area contributed by atoms with Crippen molar-refractivity contribution >= 4 is 0 Å². The van der Waals surface area contributed by atoms with Gasteiger partial charge in [0.2, 0.25) is 0 Å². The van der Waals surface area contributed by atoms with Crippen LogP contribution in [0.5, 0.6) is 0 Å². The molecule has 15 N–H and O–H groups in total. The Labute approximate surface area is 197 Å². The second-order valence-corrected chi connectivity index (χ2v) is 9.09. The molecule has 200 valence electrons. The summed E-state index contributed by atoms with van der Waals surface area (Å²) in [6.45, 7) is -0.547. The fourth-order valence-corrected chi connectivity index (χ4v) is 4.72. The molecule has 0 radical (unpaired) electrons. The van der Waals surface area contributed by atoms with Crippen molar-refractivity contribution in [2.45, 2.75) is 98.1 Å². The van der Waals surface area contributed by atoms with Crippen molar-refractivity contribution in [3.63, 3.8) is 0 Å². The standard InChI is InChI=1S/C19H39N5O10/c1-30-17-7(3-20)31-18(10(24)12(17)27)33-15-5(21)2-6(22)16(14(15)29)34-19-13(28)9(23)11(26)8(4-25)32-19/h5-19,25-29H,2-4,20-24H2,1H3/t5?,6-,7?,8-,9?,10?,11-,12-,13-,14+,15-,16?,17-,18-,19?/m1/s1. The number of methoxy groups -OCH3 is 1. The van der Waals surface area contributed by atoms with Crippen LogP contribution in [0.2, 0.25) is 0 Å². The van der Waals surface area contributed by atoms with Crippen LogP contribution in [0.25, 0.3) is 0 Å². The zero-order valence-corrected chi connectivity index (χ0v) is 18.9. The number of hydrogen-bond acceptors (Lipinski definition) is 15. The van der Waals surface area contributed by atoms with E-state index in [-0.39, 0.29) is 13.0 Å². The molecule has 3 rings (SSSR count). The third kappa shape index (κ3) is 5.39. The maximum atomic E-state index is 11.0. The highest BCUT2D eigenvalue weighted by molar-refractivity contribution is 5.01. The van der Waals surface area contributed by atoms with Gasteiger partial charge >= 0.3 is 0 Å². The van der Waals surface area contributed by atoms with Gasteiger partial charge in [-0.2, -0.15) is 0 Å². The minimum atomic E-state index is -1.46. The molecule has 3 fully saturated rings. The van der Waals surface area contributed by atoms with Crippen molar-refractivity contribution in [2.24, 2.45) is 28.7 Å². The van der Waals surface area contributed by atoms with E-state index < -0.39 is 98.3 Å². The number of ether oxygens (including phenoxy) is 5. The van der Waals surface area contributed by atoms with Gasteiger partial charge in [-0.3, -0.25) is 0 Å². The molecule has 0 spiro atoms. The normalized spacial score (nSPS) is 52.5. The quantitative estimate of drug-likeness (QED) is 0.156. The molecule has 15 heteroatoms. The van der Waals surface area contributed by atoms with E-state index in [1.807, 2.05) is 0 Å². The molecule has 15 atom stereocenters. The number of hydrogen-bond donors (Lipinski definition) is 10. The van der Waals surface area contributed by atoms with E-state index >= 15 is 0 Å². The van der Waals surface area contributed by atoms with E-state index in [1.54, 1.807) is 0 Å². The summed E-state index contributed by atoms with van der Waals surface area (Å²) in [7, 11) is 1.39. The van der Waals surface area contributed by atoms with Crippen LogP contribution in [-0.2, 0) is 23.7 Å². The summed E-state index contributed by atoms with van der Waals surface area (Å²) in [6.07, 6.45) is -12.6. The minimum Gasteiger partial charge on any atom is -0.394 e. The molecule has 2 aliphatic heterocycles. The molecule has 1 saturated carbocycles. The first-order valence-corrected chi connectivity index (χ1v) is 11.3. The van der Waals surface area contributed by atoms with Crippen molar-refractivity contribution < 1.29 is 49.2 Å². The first-order chi connectivity index (χ1) is 16.0. The Bertz CT molecular complexity index is 651. The molecule has 1 aliphatic carbocycles. The van der Waals surface area contributed by atoms with Crippen LogP contribution >= 0.6 is 0 Å². The lowest BCUT2D eigenvalue weighted by atomic mass is 9.84. The zero-order chi connectivity index (χ0) is 25.3. The van der Waals surface area contributed by atoms with E-state index in [4.69, 9.17) is 52.4 Å². The molecule has 0 aromatic rings. The van der Waals surface area contributed by atoms with Crippen molar-refractivity contribution in [1.82, 2.24) is 0 Å². The molecule has 0 amide bonds. The average Bonchev–Trinajstić information content (AvgIpc) is 2.81. The van der Waals surface area contributed by atoms with E-state index in [9.17, 15) is 25.5 Å². The van der Waals surface area contributed by atoms with Gasteiger partial charge in [0.05, 0.1) is 18.7 Å². The summed E-state index contributed by atoms with van der Waals surface area (Å²) in [5.74, 6) is 0. The number of aliphatic hydroxyl groups is 5. The smallest absolute Gasteiger partial charge is 0.186 e. The zero-order valence-electron chi connectivity index (χ0n) is 18.9. The first kappa shape index (κ1) is 28.0. The molecule has 6 unspecified atom stereocenters. The van der Waals surface area contributed by atoms with Crippen LogP contribution < -0.4 is 28.7 Å². The Kier molecular flexibility index (Phi) is 9.57. The van der Waals surface area contributed by atoms with Crippen LogP contribution in [-0.4, -0.2) is 137 Å². The maximum absolute atomic E-state index is 11.0. The summed E-state index contributed by atoms with van der Waals surface area (Å²) < 4.78 is 28.1. The van der Waals surface area contributed by atoms with Crippen molar-refractivity contribution in [3.05, 3.63) is 0 Å². The van der Waals surface area contributed by atoms with Gasteiger partial charge in [-0.15, -0.1) is 0 Å². The Hall–Kier alpha value is -0.600. The summed E-state index contributed by atoms with van der Waals surface area (Å²) >= 11 is 0. The second-order valence-electron chi connectivity index (χ2n) is 9.09. The van der Waals surface area contributed by atoms with Crippen molar-refractivity contribution in [3.8, 4) is 0 Å². The molecule has 2 saturated heterocycles. The molecular formula is C19H39N5O10. The predicted molar refractivity (Wildman–Crippen MR) is 115 cm³/mol. The molecular weight excluding hydrogens is 458 g/mol. The summed E-state index contributed by atoms with van der Waals surface area (Å²) in [4.78, 5) is 0. The minimum absolute atomic E-state index is 0.0209. The van der Waals surface area contributed by atoms with Gasteiger partial charge in [-0.25, -0.2) is 0 Å². The molecule has 0 bridgehead atoms. The molecule has 0 aromatic carbocycles. The molecule has 15 nitrogen and oxygen atoms in total. The predicted octanol–water partition coefficient (Wildman–Crippen LogP) is -6.67. The fourth-order valence-electron chi connectivity index (χ4n) is 4.72. The van der Waals surface area contributed by atoms with E-state index in [0.29, 0.717) is 0 Å². The topological polar surface area (TPSA) is 277 Å². The number of aliphatic hydroxyl groups excluding tert-OH is 5. The number of nitrogens with two attached hydrogens (primary N) is 5. The lowest BCUT2D eigenvalue weighted by molar-refractivity contribution is -0.319. The van der Waals surface area contributed by atoms with Crippen molar-refractivity contribution in [2.75, 3.05) is 20.3 Å².